The Morgan fingerprint density at radius 1 is 1.00 bits per heavy atom. The summed E-state index contributed by atoms with van der Waals surface area (Å²) < 4.78 is 0. The Hall–Kier alpha value is -2.75. The van der Waals surface area contributed by atoms with Crippen molar-refractivity contribution in [1.82, 2.24) is 15.0 Å². The molecule has 4 heteroatoms. The van der Waals surface area contributed by atoms with Crippen LogP contribution in [-0.2, 0) is 0 Å². The van der Waals surface area contributed by atoms with Crippen LogP contribution in [0, 0.1) is 0 Å². The molecule has 0 unspecified atom stereocenters. The first kappa shape index (κ1) is 11.3. The second kappa shape index (κ2) is 4.86. The predicted molar refractivity (Wildman–Crippen MR) is 75.5 cm³/mol. The number of hydrogen-bond acceptors (Lipinski definition) is 3. The van der Waals surface area contributed by atoms with Crippen LogP contribution < -0.4 is 5.56 Å². The molecule has 0 atom stereocenters. The minimum absolute atomic E-state index is 0.203. The van der Waals surface area contributed by atoms with Crippen molar-refractivity contribution in [3.8, 4) is 0 Å². The zero-order valence-electron chi connectivity index (χ0n) is 10.1. The molecule has 19 heavy (non-hydrogen) atoms. The second-order valence-corrected chi connectivity index (χ2v) is 4.06. The quantitative estimate of drug-likeness (QED) is 0.759. The number of hydrogen-bond donors (Lipinski definition) is 1. The van der Waals surface area contributed by atoms with E-state index in [9.17, 15) is 4.79 Å². The summed E-state index contributed by atoms with van der Waals surface area (Å²) in [6, 6.07) is 13.1. The minimum Gasteiger partial charge on any atom is -0.319 e. The number of aromatic amines is 1. The largest absolute Gasteiger partial charge is 0.319 e. The maximum absolute atomic E-state index is 11.9. The molecule has 0 radical (unpaired) electrons. The van der Waals surface area contributed by atoms with Crippen LogP contribution in [0.2, 0.25) is 0 Å². The predicted octanol–water partition coefficient (Wildman–Crippen LogP) is 2.49. The van der Waals surface area contributed by atoms with Crippen molar-refractivity contribution in [2.75, 3.05) is 0 Å². The van der Waals surface area contributed by atoms with Gasteiger partial charge in [0.15, 0.2) is 0 Å². The van der Waals surface area contributed by atoms with Gasteiger partial charge in [0.2, 0.25) is 0 Å². The smallest absolute Gasteiger partial charge is 0.274 e. The highest BCUT2D eigenvalue weighted by molar-refractivity contribution is 5.76. The first-order valence-corrected chi connectivity index (χ1v) is 5.91. The molecule has 2 heterocycles. The molecule has 1 N–H and O–H groups in total. The number of benzene rings is 1. The Kier molecular flexibility index (Phi) is 2.90. The molecular weight excluding hydrogens is 238 g/mol. The molecule has 0 aliphatic carbocycles. The monoisotopic (exact) mass is 249 g/mol. The molecule has 0 saturated heterocycles. The fraction of sp³-hybridized carbons (Fsp3) is 0. The van der Waals surface area contributed by atoms with Gasteiger partial charge in [-0.2, -0.15) is 0 Å². The van der Waals surface area contributed by atoms with Crippen LogP contribution in [0.15, 0.2) is 53.5 Å². The van der Waals surface area contributed by atoms with Gasteiger partial charge in [-0.3, -0.25) is 9.78 Å². The molecule has 0 aliphatic heterocycles. The van der Waals surface area contributed by atoms with Crippen molar-refractivity contribution >= 4 is 23.2 Å². The van der Waals surface area contributed by atoms with Gasteiger partial charge in [0.05, 0.1) is 16.7 Å². The van der Waals surface area contributed by atoms with E-state index in [2.05, 4.69) is 15.0 Å². The van der Waals surface area contributed by atoms with E-state index in [1.54, 1.807) is 18.3 Å². The molecule has 0 spiro atoms. The zero-order valence-corrected chi connectivity index (χ0v) is 10.1. The van der Waals surface area contributed by atoms with E-state index in [1.165, 1.54) is 0 Å². The average Bonchev–Trinajstić information content (AvgIpc) is 2.46. The molecule has 0 bridgehead atoms. The topological polar surface area (TPSA) is 58.6 Å². The van der Waals surface area contributed by atoms with Gasteiger partial charge in [-0.05, 0) is 36.4 Å². The van der Waals surface area contributed by atoms with Crippen LogP contribution in [-0.4, -0.2) is 15.0 Å². The summed E-state index contributed by atoms with van der Waals surface area (Å²) in [6.45, 7) is 0. The lowest BCUT2D eigenvalue weighted by Crippen LogP contribution is -2.11. The Morgan fingerprint density at radius 3 is 2.68 bits per heavy atom. The number of nitrogens with zero attached hydrogens (tertiary/aromatic N) is 2. The molecule has 0 fully saturated rings. The minimum atomic E-state index is -0.203. The summed E-state index contributed by atoms with van der Waals surface area (Å²) in [5.41, 5.74) is 2.47. The van der Waals surface area contributed by atoms with E-state index in [-0.39, 0.29) is 5.56 Å². The van der Waals surface area contributed by atoms with Crippen LogP contribution >= 0.6 is 0 Å². The maximum atomic E-state index is 11.9. The summed E-state index contributed by atoms with van der Waals surface area (Å²) in [6.07, 6.45) is 5.15. The summed E-state index contributed by atoms with van der Waals surface area (Å²) >= 11 is 0. The van der Waals surface area contributed by atoms with Gasteiger partial charge in [0.25, 0.3) is 5.56 Å². The van der Waals surface area contributed by atoms with Crippen LogP contribution in [0.1, 0.15) is 11.4 Å². The molecule has 92 valence electrons. The van der Waals surface area contributed by atoms with E-state index in [0.717, 1.165) is 16.7 Å². The number of fused-ring (bicyclic) bond motifs is 1. The molecule has 2 aromatic heterocycles. The highest BCUT2D eigenvalue weighted by Gasteiger charge is 2.00. The van der Waals surface area contributed by atoms with Gasteiger partial charge < -0.3 is 4.98 Å². The molecule has 3 aromatic rings. The van der Waals surface area contributed by atoms with E-state index in [1.807, 2.05) is 42.5 Å². The SMILES string of the molecule is O=c1[nH]c2ccccc2nc1/C=C\c1ccccn1. The number of aromatic nitrogens is 3. The van der Waals surface area contributed by atoms with Crippen molar-refractivity contribution < 1.29 is 0 Å². The van der Waals surface area contributed by atoms with Crippen molar-refractivity contribution in [1.29, 1.82) is 0 Å². The summed E-state index contributed by atoms with van der Waals surface area (Å²) in [5.74, 6) is 0. The van der Waals surface area contributed by atoms with E-state index in [0.29, 0.717) is 5.69 Å². The van der Waals surface area contributed by atoms with Crippen LogP contribution in [0.3, 0.4) is 0 Å². The third-order valence-electron chi connectivity index (χ3n) is 2.73. The van der Waals surface area contributed by atoms with Gasteiger partial charge in [-0.25, -0.2) is 4.98 Å². The number of rotatable bonds is 2. The van der Waals surface area contributed by atoms with E-state index < -0.39 is 0 Å². The molecule has 4 nitrogen and oxygen atoms in total. The van der Waals surface area contributed by atoms with Crippen LogP contribution in [0.5, 0.6) is 0 Å². The average molecular weight is 249 g/mol. The second-order valence-electron chi connectivity index (χ2n) is 4.06. The Labute approximate surface area is 109 Å². The molecule has 0 amide bonds. The lowest BCUT2D eigenvalue weighted by molar-refractivity contribution is 1.19. The fourth-order valence-electron chi connectivity index (χ4n) is 1.80. The summed E-state index contributed by atoms with van der Waals surface area (Å²) in [4.78, 5) is 23.2. The van der Waals surface area contributed by atoms with Crippen LogP contribution in [0.4, 0.5) is 0 Å². The Morgan fingerprint density at radius 2 is 1.84 bits per heavy atom. The molecule has 0 aliphatic rings. The first-order chi connectivity index (χ1) is 9.33. The van der Waals surface area contributed by atoms with Gasteiger partial charge in [0.1, 0.15) is 5.69 Å². The van der Waals surface area contributed by atoms with Gasteiger partial charge in [0, 0.05) is 6.20 Å². The summed E-state index contributed by atoms with van der Waals surface area (Å²) in [5, 5.41) is 0. The molecule has 0 saturated carbocycles. The third-order valence-corrected chi connectivity index (χ3v) is 2.73. The third kappa shape index (κ3) is 2.42. The Balaban J connectivity index is 2.04. The fourth-order valence-corrected chi connectivity index (χ4v) is 1.80. The van der Waals surface area contributed by atoms with Gasteiger partial charge >= 0.3 is 0 Å². The normalized spacial score (nSPS) is 11.2. The van der Waals surface area contributed by atoms with Gasteiger partial charge in [-0.1, -0.05) is 18.2 Å². The number of nitrogens with one attached hydrogen (secondary N) is 1. The number of pyridine rings is 1. The lowest BCUT2D eigenvalue weighted by atomic mass is 10.2. The summed E-state index contributed by atoms with van der Waals surface area (Å²) in [7, 11) is 0. The number of H-pyrrole nitrogens is 1. The van der Waals surface area contributed by atoms with Gasteiger partial charge in [-0.15, -0.1) is 0 Å². The Bertz CT molecular complexity index is 791. The van der Waals surface area contributed by atoms with Crippen molar-refractivity contribution in [2.24, 2.45) is 0 Å². The highest BCUT2D eigenvalue weighted by atomic mass is 16.1. The molecule has 3 rings (SSSR count). The molecular formula is C15H11N3O. The van der Waals surface area contributed by atoms with E-state index >= 15 is 0 Å². The first-order valence-electron chi connectivity index (χ1n) is 5.91. The highest BCUT2D eigenvalue weighted by Crippen LogP contribution is 2.07. The van der Waals surface area contributed by atoms with Crippen LogP contribution in [0.25, 0.3) is 23.2 Å². The van der Waals surface area contributed by atoms with Crippen molar-refractivity contribution in [2.45, 2.75) is 0 Å². The zero-order chi connectivity index (χ0) is 13.1. The maximum Gasteiger partial charge on any atom is 0.274 e. The van der Waals surface area contributed by atoms with E-state index in [4.69, 9.17) is 0 Å². The van der Waals surface area contributed by atoms with Crippen molar-refractivity contribution in [3.05, 3.63) is 70.4 Å². The lowest BCUT2D eigenvalue weighted by Gasteiger charge is -1.98. The van der Waals surface area contributed by atoms with Crippen molar-refractivity contribution in [3.63, 3.8) is 0 Å². The number of para-hydroxylation sites is 2. The standard InChI is InChI=1S/C15H11N3O/c19-15-14(9-8-11-5-3-4-10-16-11)17-12-6-1-2-7-13(12)18-15/h1-10H,(H,18,19)/b9-8-. The molecule has 1 aromatic carbocycles.